The predicted molar refractivity (Wildman–Crippen MR) is 87.4 cm³/mol. The van der Waals surface area contributed by atoms with Crippen LogP contribution in [0.2, 0.25) is 0 Å². The Morgan fingerprint density at radius 2 is 2.13 bits per heavy atom. The first kappa shape index (κ1) is 16.4. The van der Waals surface area contributed by atoms with Gasteiger partial charge >= 0.3 is 0 Å². The van der Waals surface area contributed by atoms with Gasteiger partial charge in [0.15, 0.2) is 0 Å². The highest BCUT2D eigenvalue weighted by molar-refractivity contribution is 5.95. The Morgan fingerprint density at radius 1 is 1.35 bits per heavy atom. The van der Waals surface area contributed by atoms with Crippen molar-refractivity contribution in [3.8, 4) is 0 Å². The molecule has 0 aliphatic rings. The number of carbonyl (C=O) groups excluding carboxylic acids is 1. The van der Waals surface area contributed by atoms with E-state index in [1.165, 1.54) is 6.07 Å². The van der Waals surface area contributed by atoms with Crippen molar-refractivity contribution in [2.75, 3.05) is 11.9 Å². The highest BCUT2D eigenvalue weighted by Crippen LogP contribution is 2.28. The normalized spacial score (nSPS) is 11.6. The van der Waals surface area contributed by atoms with Crippen LogP contribution >= 0.6 is 0 Å². The molecule has 0 saturated heterocycles. The molecule has 2 rings (SSSR count). The first-order valence-corrected chi connectivity index (χ1v) is 7.27. The van der Waals surface area contributed by atoms with Crippen molar-refractivity contribution in [3.05, 3.63) is 64.0 Å². The van der Waals surface area contributed by atoms with Gasteiger partial charge in [0.1, 0.15) is 5.69 Å². The van der Waals surface area contributed by atoms with Gasteiger partial charge in [0.25, 0.3) is 11.6 Å². The molecule has 7 nitrogen and oxygen atoms in total. The van der Waals surface area contributed by atoms with Crippen LogP contribution in [0, 0.1) is 10.1 Å². The number of hydrogen-bond acceptors (Lipinski definition) is 5. The lowest BCUT2D eigenvalue weighted by Gasteiger charge is -2.15. The molecule has 0 aliphatic carbocycles. The third kappa shape index (κ3) is 4.03. The van der Waals surface area contributed by atoms with Gasteiger partial charge in [0, 0.05) is 24.4 Å². The van der Waals surface area contributed by atoms with Gasteiger partial charge in [-0.3, -0.25) is 19.9 Å². The maximum absolute atomic E-state index is 11.8. The number of carbonyl (C=O) groups is 1. The number of pyridine rings is 1. The average Bonchev–Trinajstić information content (AvgIpc) is 2.56. The molecule has 2 N–H and O–H groups in total. The number of amides is 1. The summed E-state index contributed by atoms with van der Waals surface area (Å²) in [5.74, 6) is -0.333. The van der Waals surface area contributed by atoms with E-state index in [1.807, 2.05) is 19.1 Å². The summed E-state index contributed by atoms with van der Waals surface area (Å²) in [6.07, 6.45) is 1.67. The molecule has 0 spiro atoms. The maximum atomic E-state index is 11.8. The van der Waals surface area contributed by atoms with Crippen LogP contribution < -0.4 is 10.6 Å². The lowest BCUT2D eigenvalue weighted by atomic mass is 10.1. The molecule has 0 unspecified atom stereocenters. The predicted octanol–water partition coefficient (Wildman–Crippen LogP) is 2.91. The van der Waals surface area contributed by atoms with Gasteiger partial charge in [0.05, 0.1) is 16.7 Å². The molecule has 0 saturated carbocycles. The Kier molecular flexibility index (Phi) is 5.24. The summed E-state index contributed by atoms with van der Waals surface area (Å²) in [5.41, 5.74) is 1.24. The van der Waals surface area contributed by atoms with Crippen LogP contribution in [0.1, 0.15) is 35.9 Å². The molecule has 1 aromatic heterocycles. The fourth-order valence-corrected chi connectivity index (χ4v) is 2.15. The number of nitrogens with zero attached hydrogens (tertiary/aromatic N) is 2. The Bertz CT molecular complexity index is 704. The van der Waals surface area contributed by atoms with Gasteiger partial charge in [-0.1, -0.05) is 6.07 Å². The summed E-state index contributed by atoms with van der Waals surface area (Å²) in [7, 11) is 0. The lowest BCUT2D eigenvalue weighted by molar-refractivity contribution is -0.384. The van der Waals surface area contributed by atoms with Gasteiger partial charge in [-0.2, -0.15) is 0 Å². The van der Waals surface area contributed by atoms with Crippen LogP contribution in [0.25, 0.3) is 0 Å². The van der Waals surface area contributed by atoms with Gasteiger partial charge in [-0.05, 0) is 38.1 Å². The molecule has 120 valence electrons. The SMILES string of the molecule is CCNC(=O)c1ccc(N[C@H](C)c2ccccn2)c([N+](=O)[O-])c1. The number of aromatic nitrogens is 1. The van der Waals surface area contributed by atoms with Crippen LogP contribution in [0.4, 0.5) is 11.4 Å². The molecular weight excluding hydrogens is 296 g/mol. The van der Waals surface area contributed by atoms with Crippen molar-refractivity contribution in [1.29, 1.82) is 0 Å². The number of benzene rings is 1. The van der Waals surface area contributed by atoms with E-state index in [1.54, 1.807) is 31.3 Å². The summed E-state index contributed by atoms with van der Waals surface area (Å²) < 4.78 is 0. The molecule has 1 amide bonds. The monoisotopic (exact) mass is 314 g/mol. The molecule has 0 aliphatic heterocycles. The Balaban J connectivity index is 2.28. The fourth-order valence-electron chi connectivity index (χ4n) is 2.15. The molecule has 1 atom stereocenters. The quantitative estimate of drug-likeness (QED) is 0.631. The highest BCUT2D eigenvalue weighted by atomic mass is 16.6. The number of nitro benzene ring substituents is 1. The number of anilines is 1. The molecule has 0 fully saturated rings. The van der Waals surface area contributed by atoms with Crippen LogP contribution in [-0.2, 0) is 0 Å². The minimum absolute atomic E-state index is 0.142. The molecule has 1 aromatic carbocycles. The van der Waals surface area contributed by atoms with Crippen LogP contribution in [0.5, 0.6) is 0 Å². The second kappa shape index (κ2) is 7.35. The standard InChI is InChI=1S/C16H18N4O3/c1-3-17-16(21)12-7-8-14(15(10-12)20(22)23)19-11(2)13-6-4-5-9-18-13/h4-11,19H,3H2,1-2H3,(H,17,21)/t11-/m1/s1. The minimum atomic E-state index is -0.504. The van der Waals surface area contributed by atoms with Gasteiger partial charge < -0.3 is 10.6 Å². The molecule has 0 radical (unpaired) electrons. The van der Waals surface area contributed by atoms with Crippen LogP contribution in [0.3, 0.4) is 0 Å². The third-order valence-electron chi connectivity index (χ3n) is 3.30. The van der Waals surface area contributed by atoms with Crippen molar-refractivity contribution in [2.24, 2.45) is 0 Å². The van der Waals surface area contributed by atoms with Gasteiger partial charge in [-0.25, -0.2) is 0 Å². The van der Waals surface area contributed by atoms with Crippen LogP contribution in [-0.4, -0.2) is 22.4 Å². The molecule has 23 heavy (non-hydrogen) atoms. The molecule has 7 heteroatoms. The van der Waals surface area contributed by atoms with E-state index in [2.05, 4.69) is 15.6 Å². The van der Waals surface area contributed by atoms with E-state index in [4.69, 9.17) is 0 Å². The maximum Gasteiger partial charge on any atom is 0.293 e. The van der Waals surface area contributed by atoms with E-state index in [-0.39, 0.29) is 23.2 Å². The Labute approximate surface area is 133 Å². The van der Waals surface area contributed by atoms with E-state index in [0.29, 0.717) is 12.2 Å². The first-order valence-electron chi connectivity index (χ1n) is 7.27. The van der Waals surface area contributed by atoms with Gasteiger partial charge in [-0.15, -0.1) is 0 Å². The smallest absolute Gasteiger partial charge is 0.293 e. The summed E-state index contributed by atoms with van der Waals surface area (Å²) in [4.78, 5) is 26.8. The zero-order chi connectivity index (χ0) is 16.8. The summed E-state index contributed by atoms with van der Waals surface area (Å²) >= 11 is 0. The molecular formula is C16H18N4O3. The second-order valence-electron chi connectivity index (χ2n) is 4.97. The van der Waals surface area contributed by atoms with E-state index in [0.717, 1.165) is 5.69 Å². The Hall–Kier alpha value is -2.96. The van der Waals surface area contributed by atoms with Gasteiger partial charge in [0.2, 0.25) is 0 Å². The summed E-state index contributed by atoms with van der Waals surface area (Å²) in [5, 5.41) is 17.0. The van der Waals surface area contributed by atoms with E-state index < -0.39 is 4.92 Å². The van der Waals surface area contributed by atoms with Crippen molar-refractivity contribution < 1.29 is 9.72 Å². The zero-order valence-electron chi connectivity index (χ0n) is 12.9. The summed E-state index contributed by atoms with van der Waals surface area (Å²) in [6.45, 7) is 4.11. The minimum Gasteiger partial charge on any atom is -0.371 e. The van der Waals surface area contributed by atoms with Crippen molar-refractivity contribution >= 4 is 17.3 Å². The first-order chi connectivity index (χ1) is 11.0. The molecule has 1 heterocycles. The fraction of sp³-hybridized carbons (Fsp3) is 0.250. The highest BCUT2D eigenvalue weighted by Gasteiger charge is 2.19. The number of hydrogen-bond donors (Lipinski definition) is 2. The molecule has 2 aromatic rings. The van der Waals surface area contributed by atoms with Crippen molar-refractivity contribution in [1.82, 2.24) is 10.3 Å². The lowest BCUT2D eigenvalue weighted by Crippen LogP contribution is -2.22. The second-order valence-corrected chi connectivity index (χ2v) is 4.97. The Morgan fingerprint density at radius 3 is 2.74 bits per heavy atom. The van der Waals surface area contributed by atoms with E-state index >= 15 is 0 Å². The largest absolute Gasteiger partial charge is 0.371 e. The number of rotatable bonds is 6. The third-order valence-corrected chi connectivity index (χ3v) is 3.30. The van der Waals surface area contributed by atoms with Crippen molar-refractivity contribution in [3.63, 3.8) is 0 Å². The average molecular weight is 314 g/mol. The topological polar surface area (TPSA) is 97.2 Å². The van der Waals surface area contributed by atoms with Crippen molar-refractivity contribution in [2.45, 2.75) is 19.9 Å². The van der Waals surface area contributed by atoms with E-state index in [9.17, 15) is 14.9 Å². The number of nitrogens with one attached hydrogen (secondary N) is 2. The zero-order valence-corrected chi connectivity index (χ0v) is 12.9. The number of nitro groups is 1. The molecule has 0 bridgehead atoms. The van der Waals surface area contributed by atoms with Crippen LogP contribution in [0.15, 0.2) is 42.6 Å². The summed E-state index contributed by atoms with van der Waals surface area (Å²) in [6, 6.07) is 9.68.